The van der Waals surface area contributed by atoms with E-state index in [4.69, 9.17) is 9.15 Å². The molecule has 2 aromatic carbocycles. The summed E-state index contributed by atoms with van der Waals surface area (Å²) in [6.45, 7) is 2.01. The van der Waals surface area contributed by atoms with Crippen LogP contribution in [0.4, 0.5) is 0 Å². The fourth-order valence-electron chi connectivity index (χ4n) is 3.33. The molecule has 0 saturated heterocycles. The molecule has 0 N–H and O–H groups in total. The van der Waals surface area contributed by atoms with Gasteiger partial charge >= 0.3 is 5.63 Å². The molecule has 0 amide bonds. The Hall–Kier alpha value is -2.55. The standard InChI is InChI=1S/C20H18O3/c1-13(14-6-3-2-4-7-14)22-15-10-11-17-16-8-5-9-18(16)20(21)23-19(17)12-15/h2-4,6-7,10-13H,5,8-9H2,1H3/t13-/m1/s1. The zero-order valence-electron chi connectivity index (χ0n) is 13.0. The third-order valence-corrected chi connectivity index (χ3v) is 4.53. The molecule has 0 fully saturated rings. The van der Waals surface area contributed by atoms with Crippen LogP contribution in [0.25, 0.3) is 11.0 Å². The Morgan fingerprint density at radius 3 is 2.65 bits per heavy atom. The molecule has 0 bridgehead atoms. The van der Waals surface area contributed by atoms with Crippen molar-refractivity contribution in [3.63, 3.8) is 0 Å². The third kappa shape index (κ3) is 2.52. The Labute approximate surface area is 134 Å². The maximum atomic E-state index is 12.1. The van der Waals surface area contributed by atoms with Gasteiger partial charge in [-0.25, -0.2) is 4.79 Å². The van der Waals surface area contributed by atoms with Crippen LogP contribution >= 0.6 is 0 Å². The maximum Gasteiger partial charge on any atom is 0.339 e. The van der Waals surface area contributed by atoms with Crippen molar-refractivity contribution in [1.82, 2.24) is 0 Å². The van der Waals surface area contributed by atoms with Crippen LogP contribution < -0.4 is 10.4 Å². The summed E-state index contributed by atoms with van der Waals surface area (Å²) in [4.78, 5) is 12.1. The molecule has 1 heterocycles. The number of hydrogen-bond donors (Lipinski definition) is 0. The van der Waals surface area contributed by atoms with Crippen LogP contribution in [-0.2, 0) is 12.8 Å². The lowest BCUT2D eigenvalue weighted by molar-refractivity contribution is 0.227. The summed E-state index contributed by atoms with van der Waals surface area (Å²) in [5, 5.41) is 1.04. The summed E-state index contributed by atoms with van der Waals surface area (Å²) in [7, 11) is 0. The summed E-state index contributed by atoms with van der Waals surface area (Å²) in [5.41, 5.74) is 3.54. The van der Waals surface area contributed by atoms with Crippen LogP contribution in [0.2, 0.25) is 0 Å². The molecular weight excluding hydrogens is 288 g/mol. The maximum absolute atomic E-state index is 12.1. The van der Waals surface area contributed by atoms with Gasteiger partial charge in [-0.05, 0) is 49.4 Å². The van der Waals surface area contributed by atoms with Crippen LogP contribution in [-0.4, -0.2) is 0 Å². The second-order valence-electron chi connectivity index (χ2n) is 6.03. The van der Waals surface area contributed by atoms with E-state index in [1.54, 1.807) is 0 Å². The molecule has 0 radical (unpaired) electrons. The van der Waals surface area contributed by atoms with Gasteiger partial charge in [-0.3, -0.25) is 0 Å². The van der Waals surface area contributed by atoms with Crippen LogP contribution in [0.1, 0.15) is 36.1 Å². The van der Waals surface area contributed by atoms with Crippen molar-refractivity contribution >= 4 is 11.0 Å². The number of hydrogen-bond acceptors (Lipinski definition) is 3. The molecule has 0 saturated carbocycles. The second kappa shape index (κ2) is 5.58. The van der Waals surface area contributed by atoms with E-state index < -0.39 is 0 Å². The van der Waals surface area contributed by atoms with Crippen LogP contribution in [0, 0.1) is 0 Å². The third-order valence-electron chi connectivity index (χ3n) is 4.53. The minimum absolute atomic E-state index is 0.0604. The van der Waals surface area contributed by atoms with E-state index in [0.29, 0.717) is 5.58 Å². The van der Waals surface area contributed by atoms with E-state index in [0.717, 1.165) is 47.1 Å². The van der Waals surface area contributed by atoms with Gasteiger partial charge in [0.15, 0.2) is 0 Å². The van der Waals surface area contributed by atoms with E-state index >= 15 is 0 Å². The highest BCUT2D eigenvalue weighted by Gasteiger charge is 2.19. The molecule has 3 nitrogen and oxygen atoms in total. The lowest BCUT2D eigenvalue weighted by Crippen LogP contribution is -2.07. The number of aryl methyl sites for hydroxylation is 1. The molecule has 116 valence electrons. The predicted molar refractivity (Wildman–Crippen MR) is 90.0 cm³/mol. The Kier molecular flexibility index (Phi) is 3.41. The van der Waals surface area contributed by atoms with Gasteiger partial charge in [0, 0.05) is 17.0 Å². The van der Waals surface area contributed by atoms with Gasteiger partial charge in [-0.1, -0.05) is 30.3 Å². The molecule has 1 aliphatic rings. The van der Waals surface area contributed by atoms with Gasteiger partial charge in [-0.2, -0.15) is 0 Å². The SMILES string of the molecule is C[C@@H](Oc1ccc2c3c(c(=O)oc2c1)CCC3)c1ccccc1. The van der Waals surface area contributed by atoms with Crippen molar-refractivity contribution in [3.8, 4) is 5.75 Å². The first-order chi connectivity index (χ1) is 11.2. The minimum Gasteiger partial charge on any atom is -0.486 e. The Bertz CT molecular complexity index is 909. The van der Waals surface area contributed by atoms with Crippen molar-refractivity contribution in [1.29, 1.82) is 0 Å². The monoisotopic (exact) mass is 306 g/mol. The summed E-state index contributed by atoms with van der Waals surface area (Å²) >= 11 is 0. The van der Waals surface area contributed by atoms with Crippen molar-refractivity contribution in [2.24, 2.45) is 0 Å². The van der Waals surface area contributed by atoms with E-state index in [-0.39, 0.29) is 11.7 Å². The number of ether oxygens (including phenoxy) is 1. The van der Waals surface area contributed by atoms with Crippen LogP contribution in [0.15, 0.2) is 57.7 Å². The van der Waals surface area contributed by atoms with Gasteiger partial charge in [0.05, 0.1) is 0 Å². The zero-order valence-corrected chi connectivity index (χ0v) is 13.0. The highest BCUT2D eigenvalue weighted by molar-refractivity contribution is 5.83. The lowest BCUT2D eigenvalue weighted by Gasteiger charge is -2.15. The molecule has 0 aliphatic heterocycles. The average Bonchev–Trinajstić information content (AvgIpc) is 3.06. The Morgan fingerprint density at radius 1 is 1.04 bits per heavy atom. The summed E-state index contributed by atoms with van der Waals surface area (Å²) in [6, 6.07) is 15.9. The molecule has 3 heteroatoms. The Morgan fingerprint density at radius 2 is 1.83 bits per heavy atom. The fraction of sp³-hybridized carbons (Fsp3) is 0.250. The first-order valence-corrected chi connectivity index (χ1v) is 8.02. The van der Waals surface area contributed by atoms with Crippen LogP contribution in [0.5, 0.6) is 5.75 Å². The van der Waals surface area contributed by atoms with Gasteiger partial charge in [0.25, 0.3) is 0 Å². The van der Waals surface area contributed by atoms with Crippen molar-refractivity contribution in [2.45, 2.75) is 32.3 Å². The topological polar surface area (TPSA) is 39.4 Å². The van der Waals surface area contributed by atoms with Gasteiger partial charge < -0.3 is 9.15 Å². The van der Waals surface area contributed by atoms with E-state index in [2.05, 4.69) is 0 Å². The number of rotatable bonds is 3. The summed E-state index contributed by atoms with van der Waals surface area (Å²) in [5.74, 6) is 0.718. The number of fused-ring (bicyclic) bond motifs is 3. The first-order valence-electron chi connectivity index (χ1n) is 8.02. The molecule has 4 rings (SSSR count). The first kappa shape index (κ1) is 14.1. The van der Waals surface area contributed by atoms with Gasteiger partial charge in [0.1, 0.15) is 17.4 Å². The van der Waals surface area contributed by atoms with Crippen molar-refractivity contribution < 1.29 is 9.15 Å². The molecule has 1 aromatic heterocycles. The summed E-state index contributed by atoms with van der Waals surface area (Å²) < 4.78 is 11.5. The molecule has 23 heavy (non-hydrogen) atoms. The lowest BCUT2D eigenvalue weighted by atomic mass is 10.1. The van der Waals surface area contributed by atoms with Crippen molar-refractivity contribution in [2.75, 3.05) is 0 Å². The molecule has 3 aromatic rings. The van der Waals surface area contributed by atoms with E-state index in [1.165, 1.54) is 0 Å². The van der Waals surface area contributed by atoms with Crippen molar-refractivity contribution in [3.05, 3.63) is 75.6 Å². The quantitative estimate of drug-likeness (QED) is 0.672. The fourth-order valence-corrected chi connectivity index (χ4v) is 3.33. The molecule has 0 spiro atoms. The molecule has 1 aliphatic carbocycles. The van der Waals surface area contributed by atoms with E-state index in [1.807, 2.05) is 55.5 Å². The largest absolute Gasteiger partial charge is 0.486 e. The summed E-state index contributed by atoms with van der Waals surface area (Å²) in [6.07, 6.45) is 2.76. The average molecular weight is 306 g/mol. The zero-order chi connectivity index (χ0) is 15.8. The predicted octanol–water partition coefficient (Wildman–Crippen LogP) is 4.42. The van der Waals surface area contributed by atoms with Crippen LogP contribution in [0.3, 0.4) is 0 Å². The second-order valence-corrected chi connectivity index (χ2v) is 6.03. The van der Waals surface area contributed by atoms with Gasteiger partial charge in [-0.15, -0.1) is 0 Å². The Balaban J connectivity index is 1.70. The normalized spacial score (nSPS) is 14.7. The smallest absolute Gasteiger partial charge is 0.339 e. The highest BCUT2D eigenvalue weighted by Crippen LogP contribution is 2.31. The van der Waals surface area contributed by atoms with Gasteiger partial charge in [0.2, 0.25) is 0 Å². The molecular formula is C20H18O3. The highest BCUT2D eigenvalue weighted by atomic mass is 16.5. The van der Waals surface area contributed by atoms with E-state index in [9.17, 15) is 4.79 Å². The molecule has 0 unspecified atom stereocenters. The number of benzene rings is 2. The molecule has 1 atom stereocenters. The minimum atomic E-state index is -0.196.